The topological polar surface area (TPSA) is 0 Å². The average molecular weight is 481 g/mol. The average Bonchev–Trinajstić information content (AvgIpc) is 3.74. The molecular weight excluding hydrogens is 468 g/mol. The van der Waals surface area contributed by atoms with Crippen molar-refractivity contribution in [1.82, 2.24) is 0 Å². The molecule has 0 radical (unpaired) electrons. The minimum atomic E-state index is 1.08. The third-order valence-corrected chi connectivity index (χ3v) is 12.7. The van der Waals surface area contributed by atoms with E-state index in [4.69, 9.17) is 0 Å². The molecular formula is C39H12. The van der Waals surface area contributed by atoms with Gasteiger partial charge in [0.15, 0.2) is 0 Å². The Balaban J connectivity index is 1.57. The van der Waals surface area contributed by atoms with Gasteiger partial charge in [0, 0.05) is 0 Å². The summed E-state index contributed by atoms with van der Waals surface area (Å²) >= 11 is 0. The quantitative estimate of drug-likeness (QED) is 0.190. The van der Waals surface area contributed by atoms with E-state index < -0.39 is 0 Å². The molecule has 0 bridgehead atoms. The summed E-state index contributed by atoms with van der Waals surface area (Å²) in [4.78, 5) is 0. The molecule has 0 unspecified atom stereocenters. The molecule has 0 fully saturated rings. The van der Waals surface area contributed by atoms with E-state index in [1.165, 1.54) is 21.5 Å². The maximum Gasteiger partial charge on any atom is -0.00000248 e. The van der Waals surface area contributed by atoms with Gasteiger partial charge in [0.25, 0.3) is 0 Å². The van der Waals surface area contributed by atoms with Crippen molar-refractivity contribution in [1.29, 1.82) is 0 Å². The van der Waals surface area contributed by atoms with Gasteiger partial charge in [-0.25, -0.2) is 0 Å². The van der Waals surface area contributed by atoms with Crippen LogP contribution in [0.1, 0.15) is 22.3 Å². The summed E-state index contributed by atoms with van der Waals surface area (Å²) in [7, 11) is 0. The third kappa shape index (κ3) is 1.06. The number of benzene rings is 8. The molecule has 39 heavy (non-hydrogen) atoms. The van der Waals surface area contributed by atoms with Gasteiger partial charge in [-0.2, -0.15) is 0 Å². The van der Waals surface area contributed by atoms with Crippen LogP contribution < -0.4 is 5.22 Å². The van der Waals surface area contributed by atoms with Crippen molar-refractivity contribution in [3.63, 3.8) is 0 Å². The Kier molecular flexibility index (Phi) is 1.57. The molecule has 0 nitrogen and oxygen atoms in total. The van der Waals surface area contributed by atoms with Crippen molar-refractivity contribution in [3.05, 3.63) is 63.9 Å². The molecule has 0 saturated carbocycles. The van der Waals surface area contributed by atoms with E-state index in [-0.39, 0.29) is 0 Å². The van der Waals surface area contributed by atoms with Crippen molar-refractivity contribution >= 4 is 135 Å². The van der Waals surface area contributed by atoms with E-state index >= 15 is 0 Å². The van der Waals surface area contributed by atoms with Crippen LogP contribution in [-0.2, 0) is 19.3 Å². The van der Waals surface area contributed by atoms with Gasteiger partial charge < -0.3 is 0 Å². The predicted molar refractivity (Wildman–Crippen MR) is 166 cm³/mol. The second-order valence-corrected chi connectivity index (χ2v) is 13.8. The minimum absolute atomic E-state index is 1.08. The highest BCUT2D eigenvalue weighted by Gasteiger charge is 2.40. The van der Waals surface area contributed by atoms with Crippen LogP contribution in [0.4, 0.5) is 0 Å². The van der Waals surface area contributed by atoms with Crippen molar-refractivity contribution in [3.8, 4) is 0 Å². The first-order valence-corrected chi connectivity index (χ1v) is 14.6. The molecule has 168 valence electrons. The Bertz CT molecular complexity index is 3200. The second kappa shape index (κ2) is 3.91. The van der Waals surface area contributed by atoms with Crippen LogP contribution in [0.15, 0.2) is 36.4 Å². The molecule has 0 heteroatoms. The van der Waals surface area contributed by atoms with Gasteiger partial charge in [0.2, 0.25) is 0 Å². The van der Waals surface area contributed by atoms with Gasteiger partial charge in [-0.15, -0.1) is 0 Å². The van der Waals surface area contributed by atoms with Crippen LogP contribution in [0, 0.1) is 0 Å². The highest BCUT2D eigenvalue weighted by atomic mass is 14.4. The van der Waals surface area contributed by atoms with Gasteiger partial charge in [0.05, 0.1) is 0 Å². The lowest BCUT2D eigenvalue weighted by molar-refractivity contribution is 1.18. The Morgan fingerprint density at radius 1 is 0.256 bits per heavy atom. The minimum Gasteiger partial charge on any atom is -0.0529 e. The molecule has 13 aromatic rings. The van der Waals surface area contributed by atoms with Gasteiger partial charge in [-0.05, 0) is 188 Å². The summed E-state index contributed by atoms with van der Waals surface area (Å²) in [6, 6.07) is 15.5. The first kappa shape index (κ1) is 15.7. The van der Waals surface area contributed by atoms with Crippen LogP contribution in [0.5, 0.6) is 0 Å². The molecule has 16 rings (SSSR count). The maximum atomic E-state index is 2.59. The van der Waals surface area contributed by atoms with Crippen LogP contribution in [0.25, 0.3) is 135 Å². The first-order valence-electron chi connectivity index (χ1n) is 14.6. The fourth-order valence-electron chi connectivity index (χ4n) is 12.0. The Morgan fingerprint density at radius 2 is 0.564 bits per heavy atom. The van der Waals surface area contributed by atoms with Crippen LogP contribution >= 0.6 is 0 Å². The molecule has 0 N–H and O–H groups in total. The van der Waals surface area contributed by atoms with Crippen LogP contribution in [0.3, 0.4) is 0 Å². The fraction of sp³-hybridized carbons (Fsp3) is 0.0769. The standard InChI is InChI=1S/C39H12/c1-10-4-16-6-12-2-14-8-18-9-15-3-13-7-17-5-11(1)20-19(10)28-25(16)30-21(12)23(14)32-27(18)33-24(15)22(13)31-26(17)29(20)35-34(28)36(30)38(32)39(33)37(31)35/h1-2,5,7-9H,3-4,6H2. The smallest absolute Gasteiger partial charge is 0.00000248 e. The Hall–Kier alpha value is -4.68. The molecule has 0 atom stereocenters. The number of hydrogen-bond acceptors (Lipinski definition) is 0. The molecule has 0 aromatic heterocycles. The number of rotatable bonds is 0. The molecule has 0 amide bonds. The highest BCUT2D eigenvalue weighted by Crippen LogP contribution is 2.65. The molecule has 3 aliphatic carbocycles. The Labute approximate surface area is 217 Å². The first-order chi connectivity index (χ1) is 19.3. The van der Waals surface area contributed by atoms with E-state index in [1.54, 1.807) is 141 Å². The van der Waals surface area contributed by atoms with E-state index in [2.05, 4.69) is 36.4 Å². The summed E-state index contributed by atoms with van der Waals surface area (Å²) in [5, 5.41) is 39.7. The normalized spacial score (nSPS) is 17.4. The van der Waals surface area contributed by atoms with Crippen LogP contribution in [-0.4, -0.2) is 0 Å². The maximum absolute atomic E-state index is 2.59. The number of hydrogen-bond donors (Lipinski definition) is 0. The third-order valence-electron chi connectivity index (χ3n) is 12.7. The highest BCUT2D eigenvalue weighted by molar-refractivity contribution is 6.65. The van der Waals surface area contributed by atoms with Crippen molar-refractivity contribution in [2.75, 3.05) is 0 Å². The summed E-state index contributed by atoms with van der Waals surface area (Å²) in [6.45, 7) is 0. The zero-order valence-electron chi connectivity index (χ0n) is 20.6. The van der Waals surface area contributed by atoms with E-state index in [9.17, 15) is 0 Å². The van der Waals surface area contributed by atoms with Crippen LogP contribution in [0.2, 0.25) is 0 Å². The van der Waals surface area contributed by atoms with Crippen molar-refractivity contribution in [2.24, 2.45) is 0 Å². The summed E-state index contributed by atoms with van der Waals surface area (Å²) in [5.41, 5.74) is 7.99. The van der Waals surface area contributed by atoms with E-state index in [0.717, 1.165) is 19.3 Å². The molecule has 13 aromatic carbocycles. The molecule has 3 aliphatic rings. The van der Waals surface area contributed by atoms with Gasteiger partial charge in [0.1, 0.15) is 0 Å². The van der Waals surface area contributed by atoms with Gasteiger partial charge in [-0.3, -0.25) is 0 Å². The summed E-state index contributed by atoms with van der Waals surface area (Å²) in [6.07, 6.45) is 3.32. The second-order valence-electron chi connectivity index (χ2n) is 13.8. The van der Waals surface area contributed by atoms with Crippen molar-refractivity contribution in [2.45, 2.75) is 19.3 Å². The van der Waals surface area contributed by atoms with E-state index in [1.807, 2.05) is 0 Å². The lowest BCUT2D eigenvalue weighted by Crippen LogP contribution is -2.16. The molecule has 0 spiro atoms. The largest absolute Gasteiger partial charge is 0.0529 e. The predicted octanol–water partition coefficient (Wildman–Crippen LogP) is 9.35. The van der Waals surface area contributed by atoms with Gasteiger partial charge >= 0.3 is 0 Å². The lowest BCUT2D eigenvalue weighted by atomic mass is 9.85. The summed E-state index contributed by atoms with van der Waals surface area (Å²) in [5.74, 6) is 0. The van der Waals surface area contributed by atoms with Gasteiger partial charge in [-0.1, -0.05) is 29.8 Å². The summed E-state index contributed by atoms with van der Waals surface area (Å²) < 4.78 is 0. The van der Waals surface area contributed by atoms with E-state index in [0.29, 0.717) is 0 Å². The molecule has 0 heterocycles. The monoisotopic (exact) mass is 480 g/mol. The lowest BCUT2D eigenvalue weighted by Gasteiger charge is -2.18. The zero-order chi connectivity index (χ0) is 23.7. The SMILES string of the molecule is c1c2c3c4c5c6c7c(cc8cc9cc%10c%11c%12c(cc%13cc1c3c1c%13c%12c3c%12c%11c9c(c87)c%12c6c4c13)C%10)CC=5C2. The molecule has 0 aliphatic heterocycles. The fourth-order valence-corrected chi connectivity index (χ4v) is 12.0. The zero-order valence-corrected chi connectivity index (χ0v) is 20.6. The van der Waals surface area contributed by atoms with Crippen molar-refractivity contribution < 1.29 is 0 Å². The molecule has 0 saturated heterocycles. The Morgan fingerprint density at radius 3 is 1.03 bits per heavy atom.